The van der Waals surface area contributed by atoms with E-state index >= 15 is 0 Å². The highest BCUT2D eigenvalue weighted by Crippen LogP contribution is 2.32. The summed E-state index contributed by atoms with van der Waals surface area (Å²) in [6.07, 6.45) is 3.96. The van der Waals surface area contributed by atoms with Crippen LogP contribution in [0.1, 0.15) is 12.1 Å². The molecule has 0 saturated carbocycles. The first-order chi connectivity index (χ1) is 8.28. The summed E-state index contributed by atoms with van der Waals surface area (Å²) >= 11 is 0. The van der Waals surface area contributed by atoms with E-state index in [0.717, 1.165) is 12.4 Å². The van der Waals surface area contributed by atoms with Crippen molar-refractivity contribution in [1.29, 1.82) is 0 Å². The molecule has 0 radical (unpaired) electrons. The van der Waals surface area contributed by atoms with Gasteiger partial charge in [-0.05, 0) is 12.1 Å². The normalized spacial score (nSPS) is 24.2. The first-order valence-electron chi connectivity index (χ1n) is 5.52. The Morgan fingerprint density at radius 3 is 3.06 bits per heavy atom. The van der Waals surface area contributed by atoms with Crippen LogP contribution in [0.2, 0.25) is 0 Å². The van der Waals surface area contributed by atoms with Crippen LogP contribution in [-0.2, 0) is 5.60 Å². The summed E-state index contributed by atoms with van der Waals surface area (Å²) in [5.41, 5.74) is -0.333. The van der Waals surface area contributed by atoms with Crippen LogP contribution in [0.25, 0.3) is 0 Å². The van der Waals surface area contributed by atoms with Crippen molar-refractivity contribution in [3.8, 4) is 0 Å². The number of hydrogen-bond donors (Lipinski definition) is 2. The average molecular weight is 231 g/mol. The molecule has 2 aromatic rings. The van der Waals surface area contributed by atoms with Crippen molar-refractivity contribution in [2.75, 3.05) is 18.0 Å². The van der Waals surface area contributed by atoms with Gasteiger partial charge in [-0.2, -0.15) is 15.4 Å². The highest BCUT2D eigenvalue weighted by molar-refractivity contribution is 5.41. The van der Waals surface area contributed by atoms with Gasteiger partial charge in [0.05, 0.1) is 12.7 Å². The fraction of sp³-hybridized carbons (Fsp3) is 0.364. The van der Waals surface area contributed by atoms with Crippen LogP contribution in [0.4, 0.5) is 5.82 Å². The Kier molecular flexibility index (Phi) is 2.29. The first-order valence-corrected chi connectivity index (χ1v) is 5.52. The molecule has 0 spiro atoms. The van der Waals surface area contributed by atoms with Gasteiger partial charge >= 0.3 is 0 Å². The van der Waals surface area contributed by atoms with Crippen molar-refractivity contribution in [3.05, 3.63) is 36.3 Å². The minimum atomic E-state index is -0.926. The Hall–Kier alpha value is -1.95. The van der Waals surface area contributed by atoms with E-state index in [2.05, 4.69) is 25.3 Å². The van der Waals surface area contributed by atoms with Crippen LogP contribution in [0.5, 0.6) is 0 Å². The molecule has 0 aliphatic carbocycles. The summed E-state index contributed by atoms with van der Waals surface area (Å²) < 4.78 is 0. The minimum Gasteiger partial charge on any atom is -0.381 e. The van der Waals surface area contributed by atoms with Crippen LogP contribution < -0.4 is 4.90 Å². The lowest BCUT2D eigenvalue weighted by Gasteiger charge is -2.21. The van der Waals surface area contributed by atoms with Gasteiger partial charge in [0.25, 0.3) is 0 Å². The SMILES string of the molecule is O[C@@]1(c2cn[nH]n2)CCN(c2ccccn2)C1. The Morgan fingerprint density at radius 2 is 2.35 bits per heavy atom. The number of nitrogens with one attached hydrogen (secondary N) is 1. The van der Waals surface area contributed by atoms with Crippen LogP contribution >= 0.6 is 0 Å². The number of rotatable bonds is 2. The van der Waals surface area contributed by atoms with E-state index in [1.807, 2.05) is 18.2 Å². The summed E-state index contributed by atoms with van der Waals surface area (Å²) in [7, 11) is 0. The Balaban J connectivity index is 1.82. The Labute approximate surface area is 98.3 Å². The number of β-amino-alcohol motifs (C(OH)–C–C–N with tert-alkyl or cyclic N) is 1. The van der Waals surface area contributed by atoms with E-state index in [0.29, 0.717) is 18.7 Å². The molecule has 0 bridgehead atoms. The molecule has 0 unspecified atom stereocenters. The molecule has 1 fully saturated rings. The van der Waals surface area contributed by atoms with Crippen LogP contribution in [0.3, 0.4) is 0 Å². The number of hydrogen-bond acceptors (Lipinski definition) is 5. The van der Waals surface area contributed by atoms with E-state index in [-0.39, 0.29) is 0 Å². The number of nitrogens with zero attached hydrogens (tertiary/aromatic N) is 4. The summed E-state index contributed by atoms with van der Waals surface area (Å²) in [5, 5.41) is 20.7. The zero-order valence-corrected chi connectivity index (χ0v) is 9.24. The molecular formula is C11H13N5O. The lowest BCUT2D eigenvalue weighted by Crippen LogP contribution is -2.31. The third-order valence-corrected chi connectivity index (χ3v) is 3.11. The number of aromatic amines is 1. The minimum absolute atomic E-state index is 0.497. The maximum Gasteiger partial charge on any atom is 0.129 e. The van der Waals surface area contributed by atoms with Crippen molar-refractivity contribution >= 4 is 5.82 Å². The standard InChI is InChI=1S/C11H13N5O/c17-11(9-7-13-15-14-9)4-6-16(8-11)10-3-1-2-5-12-10/h1-3,5,7,17H,4,6,8H2,(H,13,14,15)/t11-/m0/s1. The Morgan fingerprint density at radius 1 is 1.41 bits per heavy atom. The van der Waals surface area contributed by atoms with Gasteiger partial charge in [-0.15, -0.1) is 0 Å². The highest BCUT2D eigenvalue weighted by atomic mass is 16.3. The van der Waals surface area contributed by atoms with E-state index in [1.165, 1.54) is 0 Å². The van der Waals surface area contributed by atoms with Crippen LogP contribution in [-0.4, -0.2) is 38.6 Å². The van der Waals surface area contributed by atoms with E-state index in [9.17, 15) is 5.11 Å². The van der Waals surface area contributed by atoms with Gasteiger partial charge < -0.3 is 10.0 Å². The maximum atomic E-state index is 10.5. The quantitative estimate of drug-likeness (QED) is 0.777. The summed E-state index contributed by atoms with van der Waals surface area (Å²) in [4.78, 5) is 6.33. The summed E-state index contributed by atoms with van der Waals surface area (Å²) in [6, 6.07) is 5.76. The molecular weight excluding hydrogens is 218 g/mol. The molecule has 1 atom stereocenters. The number of aliphatic hydroxyl groups is 1. The zero-order chi connectivity index (χ0) is 11.7. The molecule has 0 amide bonds. The predicted molar refractivity (Wildman–Crippen MR) is 61.3 cm³/mol. The number of anilines is 1. The van der Waals surface area contributed by atoms with E-state index < -0.39 is 5.60 Å². The van der Waals surface area contributed by atoms with E-state index in [4.69, 9.17) is 0 Å². The summed E-state index contributed by atoms with van der Waals surface area (Å²) in [6.45, 7) is 1.26. The molecule has 88 valence electrons. The van der Waals surface area contributed by atoms with Crippen molar-refractivity contribution in [2.45, 2.75) is 12.0 Å². The lowest BCUT2D eigenvalue weighted by atomic mass is 10.0. The third kappa shape index (κ3) is 1.76. The second kappa shape index (κ2) is 3.81. The first kappa shape index (κ1) is 10.2. The third-order valence-electron chi connectivity index (χ3n) is 3.11. The second-order valence-electron chi connectivity index (χ2n) is 4.25. The molecule has 1 aliphatic rings. The zero-order valence-electron chi connectivity index (χ0n) is 9.24. The molecule has 17 heavy (non-hydrogen) atoms. The van der Waals surface area contributed by atoms with Gasteiger partial charge in [-0.1, -0.05) is 6.07 Å². The van der Waals surface area contributed by atoms with Gasteiger partial charge in [0, 0.05) is 19.2 Å². The van der Waals surface area contributed by atoms with Crippen LogP contribution in [0.15, 0.2) is 30.6 Å². The van der Waals surface area contributed by atoms with Crippen molar-refractivity contribution in [3.63, 3.8) is 0 Å². The van der Waals surface area contributed by atoms with Crippen LogP contribution in [0, 0.1) is 0 Å². The number of pyridine rings is 1. The molecule has 6 heteroatoms. The van der Waals surface area contributed by atoms with Gasteiger partial charge in [-0.3, -0.25) is 0 Å². The molecule has 1 saturated heterocycles. The van der Waals surface area contributed by atoms with Gasteiger partial charge in [-0.25, -0.2) is 4.98 Å². The monoisotopic (exact) mass is 231 g/mol. The van der Waals surface area contributed by atoms with E-state index in [1.54, 1.807) is 12.4 Å². The maximum absolute atomic E-state index is 10.5. The molecule has 3 heterocycles. The summed E-state index contributed by atoms with van der Waals surface area (Å²) in [5.74, 6) is 0.881. The fourth-order valence-electron chi connectivity index (χ4n) is 2.17. The second-order valence-corrected chi connectivity index (χ2v) is 4.25. The number of aromatic nitrogens is 4. The molecule has 1 aliphatic heterocycles. The lowest BCUT2D eigenvalue weighted by molar-refractivity contribution is 0.0559. The largest absolute Gasteiger partial charge is 0.381 e. The number of H-pyrrole nitrogens is 1. The van der Waals surface area contributed by atoms with Crippen molar-refractivity contribution < 1.29 is 5.11 Å². The predicted octanol–water partition coefficient (Wildman–Crippen LogP) is 0.298. The molecule has 3 rings (SSSR count). The molecule has 2 aromatic heterocycles. The van der Waals surface area contributed by atoms with Gasteiger partial charge in [0.1, 0.15) is 17.1 Å². The van der Waals surface area contributed by atoms with Gasteiger partial charge in [0.15, 0.2) is 0 Å². The molecule has 6 nitrogen and oxygen atoms in total. The smallest absolute Gasteiger partial charge is 0.129 e. The highest BCUT2D eigenvalue weighted by Gasteiger charge is 2.40. The fourth-order valence-corrected chi connectivity index (χ4v) is 2.17. The Bertz CT molecular complexity index is 486. The average Bonchev–Trinajstić information content (AvgIpc) is 3.00. The molecule has 2 N–H and O–H groups in total. The topological polar surface area (TPSA) is 77.9 Å². The van der Waals surface area contributed by atoms with Gasteiger partial charge in [0.2, 0.25) is 0 Å². The van der Waals surface area contributed by atoms with Crippen molar-refractivity contribution in [1.82, 2.24) is 20.4 Å². The van der Waals surface area contributed by atoms with Crippen molar-refractivity contribution in [2.24, 2.45) is 0 Å². The molecule has 0 aromatic carbocycles.